The van der Waals surface area contributed by atoms with Crippen molar-refractivity contribution in [2.24, 2.45) is 5.92 Å². The number of rotatable bonds is 2. The lowest BCUT2D eigenvalue weighted by atomic mass is 9.96. The van der Waals surface area contributed by atoms with Crippen molar-refractivity contribution < 1.29 is 0 Å². The zero-order valence-electron chi connectivity index (χ0n) is 10.7. The number of nitrogens with zero attached hydrogens (tertiary/aromatic N) is 1. The molecule has 2 aliphatic heterocycles. The molecule has 1 unspecified atom stereocenters. The van der Waals surface area contributed by atoms with Gasteiger partial charge in [-0.05, 0) is 36.4 Å². The van der Waals surface area contributed by atoms with Gasteiger partial charge in [0.05, 0.1) is 0 Å². The van der Waals surface area contributed by atoms with Crippen molar-refractivity contribution in [3.63, 3.8) is 0 Å². The highest BCUT2D eigenvalue weighted by Crippen LogP contribution is 2.19. The average Bonchev–Trinajstić information content (AvgIpc) is 2.75. The molecule has 92 valence electrons. The molecule has 0 bridgehead atoms. The van der Waals surface area contributed by atoms with Crippen molar-refractivity contribution in [3.05, 3.63) is 35.4 Å². The van der Waals surface area contributed by atoms with Gasteiger partial charge in [-0.15, -0.1) is 0 Å². The fourth-order valence-corrected chi connectivity index (χ4v) is 3.15. The standard InChI is InChI=1S/C15H22N2/c1-12-6-7-17(10-12)11-15-8-13-4-2-3-5-14(13)9-16-15/h2-5,12,15-16H,6-11H2,1H3/t12?,15-/m1/s1. The van der Waals surface area contributed by atoms with Crippen molar-refractivity contribution in [3.8, 4) is 0 Å². The molecule has 0 saturated carbocycles. The molecular weight excluding hydrogens is 208 g/mol. The Balaban J connectivity index is 1.61. The second-order valence-electron chi connectivity index (χ2n) is 5.70. The summed E-state index contributed by atoms with van der Waals surface area (Å²) in [6, 6.07) is 9.49. The summed E-state index contributed by atoms with van der Waals surface area (Å²) in [4.78, 5) is 2.62. The van der Waals surface area contributed by atoms with Crippen molar-refractivity contribution >= 4 is 0 Å². The summed E-state index contributed by atoms with van der Waals surface area (Å²) in [6.07, 6.45) is 2.57. The lowest BCUT2D eigenvalue weighted by Gasteiger charge is -2.29. The van der Waals surface area contributed by atoms with Crippen molar-refractivity contribution in [2.75, 3.05) is 19.6 Å². The maximum Gasteiger partial charge on any atom is 0.0238 e. The first-order valence-corrected chi connectivity index (χ1v) is 6.84. The van der Waals surface area contributed by atoms with Gasteiger partial charge in [-0.1, -0.05) is 31.2 Å². The smallest absolute Gasteiger partial charge is 0.0238 e. The molecule has 0 aliphatic carbocycles. The second-order valence-corrected chi connectivity index (χ2v) is 5.70. The number of nitrogens with one attached hydrogen (secondary N) is 1. The molecule has 1 aromatic carbocycles. The van der Waals surface area contributed by atoms with Crippen LogP contribution in [0.2, 0.25) is 0 Å². The highest BCUT2D eigenvalue weighted by atomic mass is 15.2. The van der Waals surface area contributed by atoms with E-state index < -0.39 is 0 Å². The second kappa shape index (κ2) is 4.79. The molecule has 2 heterocycles. The molecule has 2 aliphatic rings. The number of likely N-dealkylation sites (tertiary alicyclic amines) is 1. The van der Waals surface area contributed by atoms with Crippen LogP contribution < -0.4 is 5.32 Å². The molecule has 1 saturated heterocycles. The molecule has 2 heteroatoms. The molecule has 17 heavy (non-hydrogen) atoms. The average molecular weight is 230 g/mol. The van der Waals surface area contributed by atoms with E-state index in [2.05, 4.69) is 41.4 Å². The van der Waals surface area contributed by atoms with Crippen LogP contribution >= 0.6 is 0 Å². The topological polar surface area (TPSA) is 15.3 Å². The van der Waals surface area contributed by atoms with Crippen molar-refractivity contribution in [2.45, 2.75) is 32.4 Å². The predicted molar refractivity (Wildman–Crippen MR) is 71.0 cm³/mol. The summed E-state index contributed by atoms with van der Waals surface area (Å²) >= 11 is 0. The van der Waals surface area contributed by atoms with E-state index in [1.54, 1.807) is 5.56 Å². The quantitative estimate of drug-likeness (QED) is 0.836. The van der Waals surface area contributed by atoms with Crippen LogP contribution in [0, 0.1) is 5.92 Å². The van der Waals surface area contributed by atoms with Crippen LogP contribution in [0.25, 0.3) is 0 Å². The fourth-order valence-electron chi connectivity index (χ4n) is 3.15. The Bertz CT molecular complexity index is 388. The fraction of sp³-hybridized carbons (Fsp3) is 0.600. The van der Waals surface area contributed by atoms with Gasteiger partial charge in [0.15, 0.2) is 0 Å². The normalized spacial score (nSPS) is 29.2. The largest absolute Gasteiger partial charge is 0.308 e. The van der Waals surface area contributed by atoms with Gasteiger partial charge in [-0.25, -0.2) is 0 Å². The molecule has 1 fully saturated rings. The van der Waals surface area contributed by atoms with E-state index in [-0.39, 0.29) is 0 Å². The van der Waals surface area contributed by atoms with E-state index >= 15 is 0 Å². The summed E-state index contributed by atoms with van der Waals surface area (Å²) in [6.45, 7) is 7.22. The maximum absolute atomic E-state index is 3.68. The molecule has 1 N–H and O–H groups in total. The molecule has 3 rings (SSSR count). The van der Waals surface area contributed by atoms with Gasteiger partial charge < -0.3 is 10.2 Å². The van der Waals surface area contributed by atoms with Crippen molar-refractivity contribution in [1.29, 1.82) is 0 Å². The van der Waals surface area contributed by atoms with Crippen LogP contribution in [0.5, 0.6) is 0 Å². The Labute approximate surface area is 104 Å². The lowest BCUT2D eigenvalue weighted by molar-refractivity contribution is 0.275. The highest BCUT2D eigenvalue weighted by Gasteiger charge is 2.24. The Kier molecular flexibility index (Phi) is 3.17. The predicted octanol–water partition coefficient (Wildman–Crippen LogP) is 2.04. The third-order valence-electron chi connectivity index (χ3n) is 4.15. The molecule has 0 aromatic heterocycles. The molecule has 1 aromatic rings. The van der Waals surface area contributed by atoms with Gasteiger partial charge >= 0.3 is 0 Å². The summed E-state index contributed by atoms with van der Waals surface area (Å²) in [7, 11) is 0. The van der Waals surface area contributed by atoms with Crippen LogP contribution in [-0.2, 0) is 13.0 Å². The Hall–Kier alpha value is -0.860. The Morgan fingerprint density at radius 1 is 1.29 bits per heavy atom. The number of fused-ring (bicyclic) bond motifs is 1. The molecule has 0 amide bonds. The number of benzene rings is 1. The minimum Gasteiger partial charge on any atom is -0.308 e. The molecule has 2 atom stereocenters. The molecule has 0 radical (unpaired) electrons. The van der Waals surface area contributed by atoms with Crippen LogP contribution in [-0.4, -0.2) is 30.6 Å². The summed E-state index contributed by atoms with van der Waals surface area (Å²) in [5.41, 5.74) is 3.03. The van der Waals surface area contributed by atoms with E-state index in [0.29, 0.717) is 6.04 Å². The van der Waals surface area contributed by atoms with Crippen LogP contribution in [0.15, 0.2) is 24.3 Å². The van der Waals surface area contributed by atoms with Crippen LogP contribution in [0.1, 0.15) is 24.5 Å². The van der Waals surface area contributed by atoms with Gasteiger partial charge in [0.25, 0.3) is 0 Å². The first kappa shape index (κ1) is 11.2. The van der Waals surface area contributed by atoms with E-state index in [9.17, 15) is 0 Å². The van der Waals surface area contributed by atoms with Gasteiger partial charge in [0.2, 0.25) is 0 Å². The number of hydrogen-bond acceptors (Lipinski definition) is 2. The Morgan fingerprint density at radius 3 is 2.88 bits per heavy atom. The van der Waals surface area contributed by atoms with E-state index in [1.165, 1.54) is 38.0 Å². The molecule has 0 spiro atoms. The van der Waals surface area contributed by atoms with Gasteiger partial charge in [0.1, 0.15) is 0 Å². The zero-order chi connectivity index (χ0) is 11.7. The van der Waals surface area contributed by atoms with Gasteiger partial charge in [-0.3, -0.25) is 0 Å². The van der Waals surface area contributed by atoms with E-state index in [1.807, 2.05) is 0 Å². The molecule has 2 nitrogen and oxygen atoms in total. The van der Waals surface area contributed by atoms with Crippen LogP contribution in [0.3, 0.4) is 0 Å². The number of hydrogen-bond donors (Lipinski definition) is 1. The highest BCUT2D eigenvalue weighted by molar-refractivity contribution is 5.29. The summed E-state index contributed by atoms with van der Waals surface area (Å²) in [5.74, 6) is 0.894. The van der Waals surface area contributed by atoms with Gasteiger partial charge in [0, 0.05) is 25.7 Å². The maximum atomic E-state index is 3.68. The minimum absolute atomic E-state index is 0.648. The first-order valence-electron chi connectivity index (χ1n) is 6.84. The Morgan fingerprint density at radius 2 is 2.12 bits per heavy atom. The third-order valence-corrected chi connectivity index (χ3v) is 4.15. The van der Waals surface area contributed by atoms with E-state index in [0.717, 1.165) is 12.5 Å². The summed E-state index contributed by atoms with van der Waals surface area (Å²) in [5, 5.41) is 3.68. The van der Waals surface area contributed by atoms with Gasteiger partial charge in [-0.2, -0.15) is 0 Å². The zero-order valence-corrected chi connectivity index (χ0v) is 10.7. The van der Waals surface area contributed by atoms with E-state index in [4.69, 9.17) is 0 Å². The molecular formula is C15H22N2. The van der Waals surface area contributed by atoms with Crippen LogP contribution in [0.4, 0.5) is 0 Å². The SMILES string of the molecule is CC1CCN(C[C@H]2Cc3ccccc3CN2)C1. The van der Waals surface area contributed by atoms with Crippen molar-refractivity contribution in [1.82, 2.24) is 10.2 Å². The minimum atomic E-state index is 0.648. The first-order chi connectivity index (χ1) is 8.31. The monoisotopic (exact) mass is 230 g/mol. The lowest BCUT2D eigenvalue weighted by Crippen LogP contribution is -2.44. The summed E-state index contributed by atoms with van der Waals surface area (Å²) < 4.78 is 0. The third kappa shape index (κ3) is 2.53.